The second-order valence-electron chi connectivity index (χ2n) is 4.90. The summed E-state index contributed by atoms with van der Waals surface area (Å²) >= 11 is 7.64. The van der Waals surface area contributed by atoms with Crippen LogP contribution in [0.1, 0.15) is 12.5 Å². The highest BCUT2D eigenvalue weighted by molar-refractivity contribution is 7.19. The molecule has 0 aliphatic carbocycles. The van der Waals surface area contributed by atoms with Crippen LogP contribution in [0.4, 0.5) is 0 Å². The van der Waals surface area contributed by atoms with Gasteiger partial charge in [0.2, 0.25) is 0 Å². The molecule has 0 aromatic carbocycles. The molecule has 3 aromatic rings. The molecular formula is C14H13ClN4S. The molecule has 1 aliphatic heterocycles. The van der Waals surface area contributed by atoms with Crippen LogP contribution in [0.5, 0.6) is 0 Å². The molecule has 4 nitrogen and oxygen atoms in total. The van der Waals surface area contributed by atoms with Crippen LogP contribution in [-0.4, -0.2) is 27.6 Å². The Morgan fingerprint density at radius 1 is 1.35 bits per heavy atom. The first-order valence-electron chi connectivity index (χ1n) is 6.62. The summed E-state index contributed by atoms with van der Waals surface area (Å²) in [6.45, 7) is 2.01. The predicted molar refractivity (Wildman–Crippen MR) is 82.4 cm³/mol. The Balaban J connectivity index is 1.96. The number of nitrogens with one attached hydrogen (secondary N) is 1. The van der Waals surface area contributed by atoms with E-state index in [1.807, 2.05) is 30.5 Å². The van der Waals surface area contributed by atoms with Crippen molar-refractivity contribution in [3.63, 3.8) is 0 Å². The van der Waals surface area contributed by atoms with Crippen molar-refractivity contribution < 1.29 is 0 Å². The summed E-state index contributed by atoms with van der Waals surface area (Å²) in [5.74, 6) is 0.976. The van der Waals surface area contributed by atoms with Crippen molar-refractivity contribution in [1.29, 1.82) is 0 Å². The number of nitrogens with zero attached hydrogens (tertiary/aromatic N) is 3. The van der Waals surface area contributed by atoms with Crippen LogP contribution in [0.25, 0.3) is 21.9 Å². The first-order valence-corrected chi connectivity index (χ1v) is 7.82. The number of halogens is 1. The highest BCUT2D eigenvalue weighted by atomic mass is 35.5. The summed E-state index contributed by atoms with van der Waals surface area (Å²) in [7, 11) is 0. The Hall–Kier alpha value is -1.43. The maximum absolute atomic E-state index is 6.07. The van der Waals surface area contributed by atoms with E-state index in [-0.39, 0.29) is 0 Å². The molecule has 1 fully saturated rings. The van der Waals surface area contributed by atoms with Gasteiger partial charge >= 0.3 is 0 Å². The Morgan fingerprint density at radius 3 is 3.05 bits per heavy atom. The standard InChI is InChI=1S/C14H13ClN4S/c15-12-4-3-11(20-12)14-18-10-2-1-6-17-13(10)19(14)9-5-7-16-8-9/h1-4,6,9,16H,5,7-8H2. The maximum atomic E-state index is 6.07. The van der Waals surface area contributed by atoms with Gasteiger partial charge in [-0.1, -0.05) is 11.6 Å². The van der Waals surface area contributed by atoms with Crippen LogP contribution < -0.4 is 5.32 Å². The van der Waals surface area contributed by atoms with Gasteiger partial charge in [0.15, 0.2) is 11.5 Å². The van der Waals surface area contributed by atoms with Gasteiger partial charge in [-0.2, -0.15) is 0 Å². The van der Waals surface area contributed by atoms with Crippen molar-refractivity contribution >= 4 is 34.1 Å². The van der Waals surface area contributed by atoms with Gasteiger partial charge in [0.25, 0.3) is 0 Å². The Kier molecular flexibility index (Phi) is 2.98. The third-order valence-electron chi connectivity index (χ3n) is 3.64. The highest BCUT2D eigenvalue weighted by Crippen LogP contribution is 2.35. The number of pyridine rings is 1. The van der Waals surface area contributed by atoms with Crippen LogP contribution in [-0.2, 0) is 0 Å². The lowest BCUT2D eigenvalue weighted by Crippen LogP contribution is -2.14. The fraction of sp³-hybridized carbons (Fsp3) is 0.286. The molecule has 1 unspecified atom stereocenters. The summed E-state index contributed by atoms with van der Waals surface area (Å²) in [6.07, 6.45) is 2.93. The van der Waals surface area contributed by atoms with Gasteiger partial charge in [0.1, 0.15) is 5.52 Å². The van der Waals surface area contributed by atoms with Crippen LogP contribution in [0.3, 0.4) is 0 Å². The van der Waals surface area contributed by atoms with Gasteiger partial charge < -0.3 is 9.88 Å². The summed E-state index contributed by atoms with van der Waals surface area (Å²) in [4.78, 5) is 10.4. The lowest BCUT2D eigenvalue weighted by Gasteiger charge is -2.14. The minimum Gasteiger partial charge on any atom is -0.315 e. The van der Waals surface area contributed by atoms with Crippen molar-refractivity contribution in [3.05, 3.63) is 34.8 Å². The quantitative estimate of drug-likeness (QED) is 0.789. The summed E-state index contributed by atoms with van der Waals surface area (Å²) < 4.78 is 3.05. The molecule has 1 aliphatic rings. The van der Waals surface area contributed by atoms with Gasteiger partial charge in [0.05, 0.1) is 15.3 Å². The molecule has 20 heavy (non-hydrogen) atoms. The van der Waals surface area contributed by atoms with Gasteiger partial charge in [-0.25, -0.2) is 9.97 Å². The molecule has 4 rings (SSSR count). The van der Waals surface area contributed by atoms with E-state index in [1.54, 1.807) is 11.3 Å². The van der Waals surface area contributed by atoms with Gasteiger partial charge in [-0.15, -0.1) is 11.3 Å². The van der Waals surface area contributed by atoms with E-state index in [1.165, 1.54) is 0 Å². The van der Waals surface area contributed by atoms with E-state index in [4.69, 9.17) is 16.6 Å². The molecule has 1 N–H and O–H groups in total. The number of hydrogen-bond acceptors (Lipinski definition) is 4. The lowest BCUT2D eigenvalue weighted by molar-refractivity contribution is 0.564. The second-order valence-corrected chi connectivity index (χ2v) is 6.62. The van der Waals surface area contributed by atoms with E-state index in [0.29, 0.717) is 6.04 Å². The van der Waals surface area contributed by atoms with E-state index in [9.17, 15) is 0 Å². The second kappa shape index (κ2) is 4.84. The fourth-order valence-corrected chi connectivity index (χ4v) is 3.77. The topological polar surface area (TPSA) is 42.7 Å². The molecule has 0 amide bonds. The van der Waals surface area contributed by atoms with Crippen LogP contribution in [0.15, 0.2) is 30.5 Å². The zero-order valence-corrected chi connectivity index (χ0v) is 12.3. The molecule has 1 atom stereocenters. The highest BCUT2D eigenvalue weighted by Gasteiger charge is 2.24. The van der Waals surface area contributed by atoms with E-state index in [0.717, 1.165) is 45.7 Å². The van der Waals surface area contributed by atoms with Crippen LogP contribution in [0.2, 0.25) is 4.34 Å². The summed E-state index contributed by atoms with van der Waals surface area (Å²) in [6, 6.07) is 8.31. The van der Waals surface area contributed by atoms with Crippen molar-refractivity contribution in [3.8, 4) is 10.7 Å². The third-order valence-corrected chi connectivity index (χ3v) is 4.87. The number of aromatic nitrogens is 3. The Bertz CT molecular complexity index is 757. The van der Waals surface area contributed by atoms with Crippen molar-refractivity contribution in [1.82, 2.24) is 19.9 Å². The first kappa shape index (κ1) is 12.3. The maximum Gasteiger partial charge on any atom is 0.160 e. The summed E-state index contributed by atoms with van der Waals surface area (Å²) in [5, 5.41) is 3.41. The molecule has 0 spiro atoms. The van der Waals surface area contributed by atoms with Crippen molar-refractivity contribution in [2.75, 3.05) is 13.1 Å². The van der Waals surface area contributed by atoms with Crippen molar-refractivity contribution in [2.24, 2.45) is 0 Å². The molecule has 0 bridgehead atoms. The Morgan fingerprint density at radius 2 is 2.30 bits per heavy atom. The molecule has 1 saturated heterocycles. The smallest absolute Gasteiger partial charge is 0.160 e. The number of thiophene rings is 1. The van der Waals surface area contributed by atoms with Gasteiger partial charge in [0, 0.05) is 12.7 Å². The molecule has 0 saturated carbocycles. The molecule has 3 aromatic heterocycles. The normalized spacial score (nSPS) is 18.9. The monoisotopic (exact) mass is 304 g/mol. The SMILES string of the molecule is Clc1ccc(-c2nc3cccnc3n2C2CCNC2)s1. The van der Waals surface area contributed by atoms with E-state index >= 15 is 0 Å². The number of rotatable bonds is 2. The minimum atomic E-state index is 0.408. The molecule has 102 valence electrons. The molecule has 0 radical (unpaired) electrons. The van der Waals surface area contributed by atoms with Crippen molar-refractivity contribution in [2.45, 2.75) is 12.5 Å². The van der Waals surface area contributed by atoms with E-state index < -0.39 is 0 Å². The number of fused-ring (bicyclic) bond motifs is 1. The van der Waals surface area contributed by atoms with E-state index in [2.05, 4.69) is 14.9 Å². The van der Waals surface area contributed by atoms with Gasteiger partial charge in [-0.05, 0) is 37.2 Å². The third kappa shape index (κ3) is 1.93. The number of hydrogen-bond donors (Lipinski definition) is 1. The predicted octanol–water partition coefficient (Wildman–Crippen LogP) is 3.35. The molecule has 4 heterocycles. The van der Waals surface area contributed by atoms with Crippen LogP contribution in [0, 0.1) is 0 Å². The first-order chi connectivity index (χ1) is 9.83. The fourth-order valence-electron chi connectivity index (χ4n) is 2.74. The lowest BCUT2D eigenvalue weighted by atomic mass is 10.2. The zero-order chi connectivity index (χ0) is 13.5. The summed E-state index contributed by atoms with van der Waals surface area (Å²) in [5.41, 5.74) is 1.90. The Labute approximate surface area is 125 Å². The largest absolute Gasteiger partial charge is 0.315 e. The average molecular weight is 305 g/mol. The van der Waals surface area contributed by atoms with Crippen LogP contribution >= 0.6 is 22.9 Å². The minimum absolute atomic E-state index is 0.408. The average Bonchev–Trinajstić information content (AvgIpc) is 3.15. The zero-order valence-electron chi connectivity index (χ0n) is 10.7. The number of imidazole rings is 1. The molecular weight excluding hydrogens is 292 g/mol. The van der Waals surface area contributed by atoms with Gasteiger partial charge in [-0.3, -0.25) is 0 Å². The molecule has 6 heteroatoms.